The van der Waals surface area contributed by atoms with Crippen molar-refractivity contribution in [3.63, 3.8) is 0 Å². The highest BCUT2D eigenvalue weighted by Crippen LogP contribution is 2.30. The second kappa shape index (κ2) is 6.63. The summed E-state index contributed by atoms with van der Waals surface area (Å²) in [4.78, 5) is 13.4. The zero-order valence-corrected chi connectivity index (χ0v) is 12.4. The molecule has 0 spiro atoms. The molecule has 0 saturated heterocycles. The van der Waals surface area contributed by atoms with Crippen molar-refractivity contribution in [2.24, 2.45) is 0 Å². The van der Waals surface area contributed by atoms with Gasteiger partial charge in [0.2, 0.25) is 6.10 Å². The number of fused-ring (bicyclic) bond motifs is 1. The zero-order valence-electron chi connectivity index (χ0n) is 11.6. The highest BCUT2D eigenvalue weighted by atomic mass is 32.1. The van der Waals surface area contributed by atoms with Crippen molar-refractivity contribution in [3.05, 3.63) is 46.7 Å². The fraction of sp³-hybridized carbons (Fsp3) is 0.312. The van der Waals surface area contributed by atoms with Crippen LogP contribution in [0.5, 0.6) is 11.5 Å². The molecule has 4 nitrogen and oxygen atoms in total. The van der Waals surface area contributed by atoms with Gasteiger partial charge in [-0.25, -0.2) is 0 Å². The van der Waals surface area contributed by atoms with Gasteiger partial charge in [-0.3, -0.25) is 4.79 Å². The number of hydrogen-bond donors (Lipinski definition) is 1. The van der Waals surface area contributed by atoms with Gasteiger partial charge >= 0.3 is 0 Å². The van der Waals surface area contributed by atoms with Crippen molar-refractivity contribution in [1.29, 1.82) is 0 Å². The molecule has 1 aromatic carbocycles. The van der Waals surface area contributed by atoms with Gasteiger partial charge in [-0.2, -0.15) is 0 Å². The second-order valence-corrected chi connectivity index (χ2v) is 5.87. The predicted octanol–water partition coefficient (Wildman–Crippen LogP) is 2.64. The summed E-state index contributed by atoms with van der Waals surface area (Å²) in [6.07, 6.45) is 1.35. The van der Waals surface area contributed by atoms with Gasteiger partial charge < -0.3 is 14.8 Å². The first kappa shape index (κ1) is 13.9. The summed E-state index contributed by atoms with van der Waals surface area (Å²) in [6, 6.07) is 11.6. The number of para-hydroxylation sites is 2. The van der Waals surface area contributed by atoms with Crippen LogP contribution in [0.4, 0.5) is 0 Å². The number of thiophene rings is 1. The minimum absolute atomic E-state index is 0.115. The first-order valence-corrected chi connectivity index (χ1v) is 7.89. The molecule has 5 heteroatoms. The molecule has 2 heterocycles. The number of amides is 1. The van der Waals surface area contributed by atoms with Crippen LogP contribution in [0.15, 0.2) is 41.8 Å². The van der Waals surface area contributed by atoms with Gasteiger partial charge in [-0.15, -0.1) is 11.3 Å². The van der Waals surface area contributed by atoms with Crippen LogP contribution in [0.3, 0.4) is 0 Å². The Kier molecular flexibility index (Phi) is 4.40. The van der Waals surface area contributed by atoms with Crippen LogP contribution in [-0.4, -0.2) is 25.2 Å². The van der Waals surface area contributed by atoms with Crippen LogP contribution in [0, 0.1) is 0 Å². The van der Waals surface area contributed by atoms with Crippen molar-refractivity contribution in [2.45, 2.75) is 18.9 Å². The molecular weight excluding hydrogens is 286 g/mol. The minimum Gasteiger partial charge on any atom is -0.485 e. The lowest BCUT2D eigenvalue weighted by atomic mass is 10.2. The Hall–Kier alpha value is -2.01. The molecule has 3 rings (SSSR count). The Morgan fingerprint density at radius 3 is 2.90 bits per heavy atom. The number of nitrogens with one attached hydrogen (secondary N) is 1. The van der Waals surface area contributed by atoms with E-state index in [2.05, 4.69) is 16.8 Å². The molecule has 2 aromatic rings. The van der Waals surface area contributed by atoms with E-state index in [-0.39, 0.29) is 12.5 Å². The fourth-order valence-corrected chi connectivity index (χ4v) is 2.94. The van der Waals surface area contributed by atoms with E-state index in [1.54, 1.807) is 11.3 Å². The van der Waals surface area contributed by atoms with Gasteiger partial charge in [-0.1, -0.05) is 18.2 Å². The lowest BCUT2D eigenvalue weighted by Crippen LogP contribution is -2.44. The Bertz CT molecular complexity index is 597. The first-order chi connectivity index (χ1) is 10.3. The third-order valence-corrected chi connectivity index (χ3v) is 4.22. The number of carbonyl (C=O) groups is 1. The highest BCUT2D eigenvalue weighted by molar-refractivity contribution is 7.09. The van der Waals surface area contributed by atoms with Gasteiger partial charge in [-0.05, 0) is 36.4 Å². The van der Waals surface area contributed by atoms with Crippen molar-refractivity contribution in [1.82, 2.24) is 5.32 Å². The average molecular weight is 303 g/mol. The second-order valence-electron chi connectivity index (χ2n) is 4.84. The number of ether oxygens (including phenoxy) is 2. The highest BCUT2D eigenvalue weighted by Gasteiger charge is 2.26. The van der Waals surface area contributed by atoms with Crippen LogP contribution in [0.25, 0.3) is 0 Å². The minimum atomic E-state index is -0.568. The topological polar surface area (TPSA) is 47.6 Å². The Morgan fingerprint density at radius 1 is 1.24 bits per heavy atom. The van der Waals surface area contributed by atoms with E-state index in [1.165, 1.54) is 4.88 Å². The van der Waals surface area contributed by atoms with E-state index in [0.717, 1.165) is 12.8 Å². The smallest absolute Gasteiger partial charge is 0.264 e. The number of rotatable bonds is 5. The Morgan fingerprint density at radius 2 is 2.10 bits per heavy atom. The number of aryl methyl sites for hydroxylation is 1. The van der Waals surface area contributed by atoms with Gasteiger partial charge in [0.25, 0.3) is 5.91 Å². The number of hydrogen-bond acceptors (Lipinski definition) is 4. The molecule has 1 aromatic heterocycles. The molecule has 1 unspecified atom stereocenters. The largest absolute Gasteiger partial charge is 0.485 e. The van der Waals surface area contributed by atoms with Crippen LogP contribution in [0.1, 0.15) is 11.3 Å². The summed E-state index contributed by atoms with van der Waals surface area (Å²) < 4.78 is 11.2. The third-order valence-electron chi connectivity index (χ3n) is 3.28. The molecule has 0 fully saturated rings. The normalized spacial score (nSPS) is 16.5. The average Bonchev–Trinajstić information content (AvgIpc) is 3.04. The van der Waals surface area contributed by atoms with E-state index in [1.807, 2.05) is 30.3 Å². The van der Waals surface area contributed by atoms with Crippen molar-refractivity contribution in [2.75, 3.05) is 13.2 Å². The quantitative estimate of drug-likeness (QED) is 0.864. The maximum absolute atomic E-state index is 12.1. The fourth-order valence-electron chi connectivity index (χ4n) is 2.19. The molecular formula is C16H17NO3S. The predicted molar refractivity (Wildman–Crippen MR) is 82.0 cm³/mol. The van der Waals surface area contributed by atoms with E-state index < -0.39 is 6.10 Å². The van der Waals surface area contributed by atoms with Crippen LogP contribution >= 0.6 is 11.3 Å². The molecule has 0 bridgehead atoms. The van der Waals surface area contributed by atoms with Gasteiger partial charge in [0.15, 0.2) is 11.5 Å². The van der Waals surface area contributed by atoms with Crippen molar-refractivity contribution in [3.8, 4) is 11.5 Å². The van der Waals surface area contributed by atoms with Crippen LogP contribution in [0.2, 0.25) is 0 Å². The first-order valence-electron chi connectivity index (χ1n) is 7.01. The zero-order chi connectivity index (χ0) is 14.5. The molecule has 21 heavy (non-hydrogen) atoms. The maximum Gasteiger partial charge on any atom is 0.264 e. The summed E-state index contributed by atoms with van der Waals surface area (Å²) in [5.74, 6) is 1.21. The summed E-state index contributed by atoms with van der Waals surface area (Å²) in [5, 5.41) is 4.97. The SMILES string of the molecule is O=C(NCCCc1cccs1)C1COc2ccccc2O1. The number of benzene rings is 1. The van der Waals surface area contributed by atoms with Gasteiger partial charge in [0.1, 0.15) is 6.61 Å². The molecule has 1 amide bonds. The summed E-state index contributed by atoms with van der Waals surface area (Å²) in [7, 11) is 0. The van der Waals surface area contributed by atoms with Crippen molar-refractivity contribution >= 4 is 17.2 Å². The Labute approximate surface area is 127 Å². The Balaban J connectivity index is 1.44. The van der Waals surface area contributed by atoms with E-state index >= 15 is 0 Å². The lowest BCUT2D eigenvalue weighted by Gasteiger charge is -2.25. The molecule has 1 aliphatic rings. The van der Waals surface area contributed by atoms with E-state index in [9.17, 15) is 4.79 Å². The van der Waals surface area contributed by atoms with Crippen molar-refractivity contribution < 1.29 is 14.3 Å². The van der Waals surface area contributed by atoms with E-state index in [4.69, 9.17) is 9.47 Å². The van der Waals surface area contributed by atoms with Crippen LogP contribution in [-0.2, 0) is 11.2 Å². The summed E-state index contributed by atoms with van der Waals surface area (Å²) in [6.45, 7) is 0.909. The third kappa shape index (κ3) is 3.55. The van der Waals surface area contributed by atoms with Gasteiger partial charge in [0, 0.05) is 11.4 Å². The number of carbonyl (C=O) groups excluding carboxylic acids is 1. The van der Waals surface area contributed by atoms with Crippen LogP contribution < -0.4 is 14.8 Å². The maximum atomic E-state index is 12.1. The molecule has 0 aliphatic carbocycles. The summed E-state index contributed by atoms with van der Waals surface area (Å²) in [5.41, 5.74) is 0. The standard InChI is InChI=1S/C16H17NO3S/c18-16(17-9-3-5-12-6-4-10-21-12)15-11-19-13-7-1-2-8-14(13)20-15/h1-2,4,6-8,10,15H,3,5,9,11H2,(H,17,18). The van der Waals surface area contributed by atoms with Gasteiger partial charge in [0.05, 0.1) is 0 Å². The van der Waals surface area contributed by atoms with E-state index in [0.29, 0.717) is 18.0 Å². The molecule has 1 atom stereocenters. The molecule has 0 radical (unpaired) electrons. The molecule has 110 valence electrons. The molecule has 1 N–H and O–H groups in total. The summed E-state index contributed by atoms with van der Waals surface area (Å²) >= 11 is 1.74. The lowest BCUT2D eigenvalue weighted by molar-refractivity contribution is -0.130. The molecule has 1 aliphatic heterocycles. The molecule has 0 saturated carbocycles. The monoisotopic (exact) mass is 303 g/mol.